The number of ketones is 1. The molecule has 2 heterocycles. The highest BCUT2D eigenvalue weighted by Gasteiger charge is 2.30. The number of hydrogen-bond acceptors (Lipinski definition) is 5. The van der Waals surface area contributed by atoms with Crippen LogP contribution in [0.1, 0.15) is 38.4 Å². The molecule has 1 aliphatic heterocycles. The zero-order chi connectivity index (χ0) is 19.2. The van der Waals surface area contributed by atoms with Gasteiger partial charge in [-0.1, -0.05) is 24.3 Å². The molecule has 8 heteroatoms. The van der Waals surface area contributed by atoms with Gasteiger partial charge < -0.3 is 16.0 Å². The summed E-state index contributed by atoms with van der Waals surface area (Å²) in [6, 6.07) is 10.5. The summed E-state index contributed by atoms with van der Waals surface area (Å²) in [5.41, 5.74) is 6.22. The van der Waals surface area contributed by atoms with Crippen LogP contribution in [0.3, 0.4) is 0 Å². The molecule has 1 unspecified atom stereocenters. The first-order valence-electron chi connectivity index (χ1n) is 9.06. The average molecular weight is 422 g/mol. The van der Waals surface area contributed by atoms with Crippen LogP contribution in [-0.2, 0) is 4.79 Å². The molecule has 1 aromatic heterocycles. The van der Waals surface area contributed by atoms with Crippen molar-refractivity contribution < 1.29 is 14.4 Å². The van der Waals surface area contributed by atoms with Crippen molar-refractivity contribution >= 4 is 41.3 Å². The topological polar surface area (TPSA) is 92.5 Å². The molecule has 3 N–H and O–H groups in total. The number of carbonyl (C=O) groups is 3. The van der Waals surface area contributed by atoms with E-state index in [1.165, 1.54) is 11.3 Å². The first-order valence-corrected chi connectivity index (χ1v) is 9.94. The van der Waals surface area contributed by atoms with Gasteiger partial charge in [-0.3, -0.25) is 14.4 Å². The maximum absolute atomic E-state index is 13.1. The average Bonchev–Trinajstić information content (AvgIpc) is 3.26. The van der Waals surface area contributed by atoms with Crippen molar-refractivity contribution in [1.29, 1.82) is 0 Å². The minimum Gasteiger partial charge on any atom is -0.355 e. The van der Waals surface area contributed by atoms with Crippen LogP contribution in [0.15, 0.2) is 41.8 Å². The fourth-order valence-electron chi connectivity index (χ4n) is 3.29. The second-order valence-corrected chi connectivity index (χ2v) is 7.47. The number of thiophene rings is 1. The summed E-state index contributed by atoms with van der Waals surface area (Å²) in [6.07, 6.45) is 1.50. The lowest BCUT2D eigenvalue weighted by molar-refractivity contribution is -0.126. The number of benzene rings is 1. The van der Waals surface area contributed by atoms with E-state index < -0.39 is 0 Å². The van der Waals surface area contributed by atoms with Gasteiger partial charge in [0.2, 0.25) is 11.7 Å². The highest BCUT2D eigenvalue weighted by atomic mass is 35.5. The van der Waals surface area contributed by atoms with Gasteiger partial charge in [0.1, 0.15) is 0 Å². The van der Waals surface area contributed by atoms with E-state index in [2.05, 4.69) is 5.32 Å². The Labute approximate surface area is 174 Å². The van der Waals surface area contributed by atoms with Crippen molar-refractivity contribution in [2.24, 2.45) is 11.7 Å². The van der Waals surface area contributed by atoms with Gasteiger partial charge in [-0.2, -0.15) is 0 Å². The van der Waals surface area contributed by atoms with E-state index in [-0.39, 0.29) is 35.9 Å². The number of nitrogens with zero attached hydrogens (tertiary/aromatic N) is 1. The summed E-state index contributed by atoms with van der Waals surface area (Å²) in [7, 11) is 0. The highest BCUT2D eigenvalue weighted by Crippen LogP contribution is 2.23. The molecule has 0 aliphatic carbocycles. The van der Waals surface area contributed by atoms with E-state index in [4.69, 9.17) is 5.73 Å². The van der Waals surface area contributed by atoms with Crippen LogP contribution in [-0.4, -0.2) is 48.7 Å². The number of nitrogens with one attached hydrogen (secondary N) is 1. The first-order chi connectivity index (χ1) is 13.1. The molecule has 2 aromatic rings. The molecule has 0 spiro atoms. The van der Waals surface area contributed by atoms with Gasteiger partial charge >= 0.3 is 0 Å². The Hall–Kier alpha value is -2.22. The molecule has 28 heavy (non-hydrogen) atoms. The van der Waals surface area contributed by atoms with Crippen molar-refractivity contribution in [3.63, 3.8) is 0 Å². The minimum atomic E-state index is -0.241. The SMILES string of the molecule is Cl.NCCNC(=O)C1CCCN(C(=O)c2ccccc2C(=O)c2cccs2)C1. The predicted octanol–water partition coefficient (Wildman–Crippen LogP) is 2.33. The number of rotatable bonds is 6. The number of likely N-dealkylation sites (tertiary alicyclic amines) is 1. The Morgan fingerprint density at radius 2 is 1.89 bits per heavy atom. The summed E-state index contributed by atoms with van der Waals surface area (Å²) in [5, 5.41) is 4.63. The molecule has 0 bridgehead atoms. The minimum absolute atomic E-state index is 0. The molecule has 1 aromatic carbocycles. The second-order valence-electron chi connectivity index (χ2n) is 6.52. The lowest BCUT2D eigenvalue weighted by atomic mass is 9.95. The Kier molecular flexibility index (Phi) is 8.17. The normalized spacial score (nSPS) is 16.2. The van der Waals surface area contributed by atoms with Gasteiger partial charge in [0.25, 0.3) is 5.91 Å². The number of hydrogen-bond donors (Lipinski definition) is 2. The maximum Gasteiger partial charge on any atom is 0.254 e. The second kappa shape index (κ2) is 10.4. The summed E-state index contributed by atoms with van der Waals surface area (Å²) >= 11 is 1.36. The molecule has 0 radical (unpaired) electrons. The molecule has 150 valence electrons. The molecular formula is C20H24ClN3O3S. The molecule has 6 nitrogen and oxygen atoms in total. The van der Waals surface area contributed by atoms with Gasteiger partial charge in [-0.25, -0.2) is 0 Å². The Balaban J connectivity index is 0.00000280. The Morgan fingerprint density at radius 3 is 2.57 bits per heavy atom. The van der Waals surface area contributed by atoms with Crippen LogP contribution in [0.5, 0.6) is 0 Å². The van der Waals surface area contributed by atoms with Gasteiger partial charge in [-0.05, 0) is 30.4 Å². The largest absolute Gasteiger partial charge is 0.355 e. The van der Waals surface area contributed by atoms with Gasteiger partial charge in [0, 0.05) is 31.7 Å². The summed E-state index contributed by atoms with van der Waals surface area (Å²) in [4.78, 5) is 40.4. The maximum atomic E-state index is 13.1. The monoisotopic (exact) mass is 421 g/mol. The van der Waals surface area contributed by atoms with Crippen molar-refractivity contribution in [3.05, 3.63) is 57.8 Å². The molecular weight excluding hydrogens is 398 g/mol. The number of nitrogens with two attached hydrogens (primary N) is 1. The number of amides is 2. The zero-order valence-corrected chi connectivity index (χ0v) is 17.1. The molecule has 0 saturated carbocycles. The van der Waals surface area contributed by atoms with Crippen LogP contribution in [0.4, 0.5) is 0 Å². The van der Waals surface area contributed by atoms with Gasteiger partial charge in [-0.15, -0.1) is 23.7 Å². The lowest BCUT2D eigenvalue weighted by Crippen LogP contribution is -2.46. The van der Waals surface area contributed by atoms with Crippen LogP contribution in [0, 0.1) is 5.92 Å². The van der Waals surface area contributed by atoms with Crippen LogP contribution in [0.2, 0.25) is 0 Å². The molecule has 2 amide bonds. The van der Waals surface area contributed by atoms with E-state index in [1.807, 2.05) is 11.4 Å². The highest BCUT2D eigenvalue weighted by molar-refractivity contribution is 7.12. The smallest absolute Gasteiger partial charge is 0.254 e. The number of carbonyl (C=O) groups excluding carboxylic acids is 3. The molecule has 1 atom stereocenters. The lowest BCUT2D eigenvalue weighted by Gasteiger charge is -2.32. The fraction of sp³-hybridized carbons (Fsp3) is 0.350. The van der Waals surface area contributed by atoms with Crippen molar-refractivity contribution in [1.82, 2.24) is 10.2 Å². The fourth-order valence-corrected chi connectivity index (χ4v) is 3.97. The van der Waals surface area contributed by atoms with Crippen molar-refractivity contribution in [3.8, 4) is 0 Å². The van der Waals surface area contributed by atoms with E-state index in [1.54, 1.807) is 35.2 Å². The van der Waals surface area contributed by atoms with Crippen molar-refractivity contribution in [2.75, 3.05) is 26.2 Å². The quantitative estimate of drug-likeness (QED) is 0.700. The first kappa shape index (κ1) is 22.1. The Bertz CT molecular complexity index is 826. The molecule has 1 saturated heterocycles. The third-order valence-electron chi connectivity index (χ3n) is 4.67. The number of halogens is 1. The number of piperidine rings is 1. The molecule has 1 fully saturated rings. The standard InChI is InChI=1S/C20H23N3O3S.ClH/c21-9-10-22-19(25)14-5-3-11-23(13-14)20(26)16-7-2-1-6-15(16)18(24)17-8-4-12-27-17;/h1-2,4,6-8,12,14H,3,5,9-11,13,21H2,(H,22,25);1H. The third-order valence-corrected chi connectivity index (χ3v) is 5.54. The summed E-state index contributed by atoms with van der Waals surface area (Å²) in [5.74, 6) is -0.662. The van der Waals surface area contributed by atoms with E-state index in [0.717, 1.165) is 12.8 Å². The van der Waals surface area contributed by atoms with E-state index >= 15 is 0 Å². The third kappa shape index (κ3) is 4.98. The van der Waals surface area contributed by atoms with Gasteiger partial charge in [0.05, 0.1) is 16.4 Å². The summed E-state index contributed by atoms with van der Waals surface area (Å²) in [6.45, 7) is 1.76. The molecule has 1 aliphatic rings. The predicted molar refractivity (Wildman–Crippen MR) is 112 cm³/mol. The zero-order valence-electron chi connectivity index (χ0n) is 15.4. The van der Waals surface area contributed by atoms with Crippen LogP contribution >= 0.6 is 23.7 Å². The van der Waals surface area contributed by atoms with Crippen LogP contribution < -0.4 is 11.1 Å². The molecule has 3 rings (SSSR count). The van der Waals surface area contributed by atoms with Crippen LogP contribution in [0.25, 0.3) is 0 Å². The van der Waals surface area contributed by atoms with E-state index in [0.29, 0.717) is 42.2 Å². The van der Waals surface area contributed by atoms with Gasteiger partial charge in [0.15, 0.2) is 0 Å². The van der Waals surface area contributed by atoms with Crippen molar-refractivity contribution in [2.45, 2.75) is 12.8 Å². The Morgan fingerprint density at radius 1 is 1.14 bits per heavy atom. The van der Waals surface area contributed by atoms with E-state index in [9.17, 15) is 14.4 Å². The summed E-state index contributed by atoms with van der Waals surface area (Å²) < 4.78 is 0.